The minimum Gasteiger partial charge on any atom is -0.345 e. The van der Waals surface area contributed by atoms with E-state index in [0.29, 0.717) is 17.8 Å². The first-order chi connectivity index (χ1) is 9.94. The summed E-state index contributed by atoms with van der Waals surface area (Å²) in [5, 5.41) is 2.78. The highest BCUT2D eigenvalue weighted by atomic mass is 32.2. The van der Waals surface area contributed by atoms with Crippen molar-refractivity contribution in [3.63, 3.8) is 0 Å². The lowest BCUT2D eigenvalue weighted by Gasteiger charge is -2.23. The third-order valence-corrected chi connectivity index (χ3v) is 3.83. The smallest absolute Gasteiger partial charge is 0.229 e. The van der Waals surface area contributed by atoms with Crippen LogP contribution in [0.25, 0.3) is 0 Å². The summed E-state index contributed by atoms with van der Waals surface area (Å²) in [5.74, 6) is 6.00. The van der Waals surface area contributed by atoms with Gasteiger partial charge in [0.25, 0.3) is 0 Å². The van der Waals surface area contributed by atoms with Crippen molar-refractivity contribution in [1.29, 1.82) is 0 Å². The number of carbonyl (C=O) groups excluding carboxylic acids is 1. The number of hydrogen-bond acceptors (Lipinski definition) is 3. The molecule has 1 aliphatic carbocycles. The van der Waals surface area contributed by atoms with Crippen LogP contribution in [0.1, 0.15) is 24.8 Å². The summed E-state index contributed by atoms with van der Waals surface area (Å²) in [6.07, 6.45) is 4.17. The van der Waals surface area contributed by atoms with Crippen molar-refractivity contribution in [3.8, 4) is 11.8 Å². The maximum absolute atomic E-state index is 11.6. The molecule has 2 rings (SSSR count). The molecule has 0 saturated heterocycles. The Bertz CT molecular complexity index is 682. The first-order valence-electron chi connectivity index (χ1n) is 6.78. The molecule has 5 nitrogen and oxygen atoms in total. The van der Waals surface area contributed by atoms with Crippen molar-refractivity contribution in [2.24, 2.45) is 5.92 Å². The van der Waals surface area contributed by atoms with Crippen molar-refractivity contribution in [3.05, 3.63) is 29.8 Å². The zero-order valence-electron chi connectivity index (χ0n) is 11.8. The fraction of sp³-hybridized carbons (Fsp3) is 0.400. The van der Waals surface area contributed by atoms with Crippen molar-refractivity contribution in [1.82, 2.24) is 5.32 Å². The maximum Gasteiger partial charge on any atom is 0.229 e. The lowest BCUT2D eigenvalue weighted by atomic mass is 9.85. The van der Waals surface area contributed by atoms with Crippen LogP contribution in [-0.4, -0.2) is 27.1 Å². The molecule has 0 radical (unpaired) electrons. The molecule has 0 spiro atoms. The van der Waals surface area contributed by atoms with Crippen LogP contribution in [0.4, 0.5) is 5.69 Å². The number of benzene rings is 1. The van der Waals surface area contributed by atoms with Crippen LogP contribution in [0.5, 0.6) is 0 Å². The Morgan fingerprint density at radius 2 is 2.14 bits per heavy atom. The number of carbonyl (C=O) groups is 1. The van der Waals surface area contributed by atoms with Gasteiger partial charge in [0.05, 0.1) is 12.8 Å². The van der Waals surface area contributed by atoms with Gasteiger partial charge in [0.1, 0.15) is 0 Å². The SMILES string of the molecule is CS(=O)(=O)Nc1cccc(C#CCNC(=O)C2CCC2)c1. The molecule has 0 aromatic heterocycles. The molecule has 1 amide bonds. The van der Waals surface area contributed by atoms with Gasteiger partial charge in [-0.15, -0.1) is 0 Å². The summed E-state index contributed by atoms with van der Waals surface area (Å²) in [7, 11) is -3.29. The van der Waals surface area contributed by atoms with E-state index in [1.165, 1.54) is 0 Å². The second kappa shape index (κ2) is 6.64. The lowest BCUT2D eigenvalue weighted by Crippen LogP contribution is -2.34. The molecule has 0 bridgehead atoms. The highest BCUT2D eigenvalue weighted by Crippen LogP contribution is 2.25. The molecule has 6 heteroatoms. The van der Waals surface area contributed by atoms with E-state index in [4.69, 9.17) is 0 Å². The minimum absolute atomic E-state index is 0.0723. The van der Waals surface area contributed by atoms with Gasteiger partial charge in [0, 0.05) is 17.2 Å². The van der Waals surface area contributed by atoms with Crippen LogP contribution in [0.3, 0.4) is 0 Å². The van der Waals surface area contributed by atoms with E-state index >= 15 is 0 Å². The highest BCUT2D eigenvalue weighted by Gasteiger charge is 2.24. The highest BCUT2D eigenvalue weighted by molar-refractivity contribution is 7.92. The predicted octanol–water partition coefficient (Wildman–Crippen LogP) is 1.33. The van der Waals surface area contributed by atoms with Crippen molar-refractivity contribution < 1.29 is 13.2 Å². The van der Waals surface area contributed by atoms with Gasteiger partial charge in [-0.2, -0.15) is 0 Å². The van der Waals surface area contributed by atoms with Gasteiger partial charge in [-0.1, -0.05) is 24.3 Å². The molecule has 1 saturated carbocycles. The quantitative estimate of drug-likeness (QED) is 0.824. The van der Waals surface area contributed by atoms with E-state index in [2.05, 4.69) is 21.9 Å². The van der Waals surface area contributed by atoms with Crippen LogP contribution < -0.4 is 10.0 Å². The molecule has 1 aliphatic rings. The van der Waals surface area contributed by atoms with Crippen molar-refractivity contribution in [2.45, 2.75) is 19.3 Å². The van der Waals surface area contributed by atoms with Crippen LogP contribution >= 0.6 is 0 Å². The van der Waals surface area contributed by atoms with E-state index in [9.17, 15) is 13.2 Å². The normalized spacial score (nSPS) is 14.5. The Labute approximate surface area is 125 Å². The van der Waals surface area contributed by atoms with Crippen LogP contribution in [0.15, 0.2) is 24.3 Å². The Hall–Kier alpha value is -2.00. The number of amides is 1. The second-order valence-electron chi connectivity index (χ2n) is 5.10. The number of sulfonamides is 1. The fourth-order valence-electron chi connectivity index (χ4n) is 1.97. The summed E-state index contributed by atoms with van der Waals surface area (Å²) in [6, 6.07) is 6.82. The number of hydrogen-bond donors (Lipinski definition) is 2. The van der Waals surface area contributed by atoms with E-state index < -0.39 is 10.0 Å². The fourth-order valence-corrected chi connectivity index (χ4v) is 2.52. The summed E-state index contributed by atoms with van der Waals surface area (Å²) in [5.41, 5.74) is 1.17. The summed E-state index contributed by atoms with van der Waals surface area (Å²) in [6.45, 7) is 0.305. The van der Waals surface area contributed by atoms with E-state index in [-0.39, 0.29) is 11.8 Å². The monoisotopic (exact) mass is 306 g/mol. The molecule has 0 heterocycles. The molecule has 2 N–H and O–H groups in total. The number of rotatable bonds is 4. The zero-order chi connectivity index (χ0) is 15.3. The Balaban J connectivity index is 1.89. The van der Waals surface area contributed by atoms with Crippen molar-refractivity contribution in [2.75, 3.05) is 17.5 Å². The minimum atomic E-state index is -3.29. The van der Waals surface area contributed by atoms with Gasteiger partial charge in [-0.05, 0) is 31.0 Å². The van der Waals surface area contributed by atoms with Gasteiger partial charge in [-0.3, -0.25) is 9.52 Å². The van der Waals surface area contributed by atoms with E-state index in [1.807, 2.05) is 0 Å². The van der Waals surface area contributed by atoms with Crippen molar-refractivity contribution >= 4 is 21.6 Å². The number of nitrogens with one attached hydrogen (secondary N) is 2. The largest absolute Gasteiger partial charge is 0.345 e. The van der Waals surface area contributed by atoms with E-state index in [1.54, 1.807) is 24.3 Å². The first kappa shape index (κ1) is 15.4. The molecule has 1 fully saturated rings. The molecule has 1 aromatic carbocycles. The zero-order valence-corrected chi connectivity index (χ0v) is 12.7. The molecule has 0 aliphatic heterocycles. The first-order valence-corrected chi connectivity index (χ1v) is 8.67. The molecule has 0 unspecified atom stereocenters. The molecule has 112 valence electrons. The topological polar surface area (TPSA) is 75.3 Å². The summed E-state index contributed by atoms with van der Waals surface area (Å²) >= 11 is 0. The Kier molecular flexibility index (Phi) is 4.86. The van der Waals surface area contributed by atoms with Gasteiger partial charge >= 0.3 is 0 Å². The second-order valence-corrected chi connectivity index (χ2v) is 6.85. The summed E-state index contributed by atoms with van der Waals surface area (Å²) < 4.78 is 24.7. The van der Waals surface area contributed by atoms with Crippen LogP contribution in [-0.2, 0) is 14.8 Å². The van der Waals surface area contributed by atoms with Gasteiger partial charge in [-0.25, -0.2) is 8.42 Å². The average molecular weight is 306 g/mol. The van der Waals surface area contributed by atoms with E-state index in [0.717, 1.165) is 25.5 Å². The predicted molar refractivity (Wildman–Crippen MR) is 82.1 cm³/mol. The molecule has 1 aromatic rings. The lowest BCUT2D eigenvalue weighted by molar-refractivity contribution is -0.127. The molecule has 0 atom stereocenters. The van der Waals surface area contributed by atoms with Crippen LogP contribution in [0, 0.1) is 17.8 Å². The summed E-state index contributed by atoms with van der Waals surface area (Å²) in [4.78, 5) is 11.6. The maximum atomic E-state index is 11.6. The molecule has 21 heavy (non-hydrogen) atoms. The third kappa shape index (κ3) is 5.12. The number of anilines is 1. The average Bonchev–Trinajstić information content (AvgIpc) is 2.31. The Morgan fingerprint density at radius 3 is 2.76 bits per heavy atom. The van der Waals surface area contributed by atoms with Gasteiger partial charge in [0.2, 0.25) is 15.9 Å². The standard InChI is InChI=1S/C15H18N2O3S/c1-21(19,20)17-14-9-2-5-12(11-14)6-4-10-16-15(18)13-7-3-8-13/h2,5,9,11,13,17H,3,7-8,10H2,1H3,(H,16,18). The third-order valence-electron chi connectivity index (χ3n) is 3.23. The molecular formula is C15H18N2O3S. The molecular weight excluding hydrogens is 288 g/mol. The Morgan fingerprint density at radius 1 is 1.38 bits per heavy atom. The van der Waals surface area contributed by atoms with Gasteiger partial charge in [0.15, 0.2) is 0 Å². The van der Waals surface area contributed by atoms with Gasteiger partial charge < -0.3 is 5.32 Å². The van der Waals surface area contributed by atoms with Crippen LogP contribution in [0.2, 0.25) is 0 Å².